The molecule has 0 amide bonds. The van der Waals surface area contributed by atoms with E-state index in [4.69, 9.17) is 0 Å². The Bertz CT molecular complexity index is 496. The standard InChI is InChI=1S/C20H31BrF3N/c1-14(13-25-10-7-16(8-11-25)20(22,23)24)17-5-6-18-15(12-21)4-3-9-19(17,18)2/h12,14,16-18H,3-11,13H2,1-2H3/b15-12+/t14-,17+,18-,19+/m0/s1. The predicted octanol–water partition coefficient (Wildman–Crippen LogP) is 6.39. The maximum atomic E-state index is 12.9. The van der Waals surface area contributed by atoms with Gasteiger partial charge < -0.3 is 4.90 Å². The molecule has 3 aliphatic rings. The molecule has 4 atom stereocenters. The van der Waals surface area contributed by atoms with Crippen LogP contribution in [0.25, 0.3) is 0 Å². The summed E-state index contributed by atoms with van der Waals surface area (Å²) in [5.41, 5.74) is 1.95. The van der Waals surface area contributed by atoms with Crippen molar-refractivity contribution in [1.82, 2.24) is 4.90 Å². The summed E-state index contributed by atoms with van der Waals surface area (Å²) >= 11 is 3.57. The Labute approximate surface area is 158 Å². The van der Waals surface area contributed by atoms with Crippen LogP contribution in [0.1, 0.15) is 58.8 Å². The predicted molar refractivity (Wildman–Crippen MR) is 99.6 cm³/mol. The first-order chi connectivity index (χ1) is 11.8. The number of allylic oxidation sites excluding steroid dienone is 1. The van der Waals surface area contributed by atoms with Crippen molar-refractivity contribution in [1.29, 1.82) is 0 Å². The van der Waals surface area contributed by atoms with E-state index in [0.717, 1.165) is 6.54 Å². The van der Waals surface area contributed by atoms with Crippen LogP contribution in [0.2, 0.25) is 0 Å². The minimum Gasteiger partial charge on any atom is -0.303 e. The van der Waals surface area contributed by atoms with Crippen LogP contribution in [0, 0.1) is 29.1 Å². The van der Waals surface area contributed by atoms with E-state index in [0.29, 0.717) is 36.3 Å². The summed E-state index contributed by atoms with van der Waals surface area (Å²) < 4.78 is 38.6. The zero-order valence-electron chi connectivity index (χ0n) is 15.4. The largest absolute Gasteiger partial charge is 0.391 e. The average Bonchev–Trinajstić information content (AvgIpc) is 2.91. The van der Waals surface area contributed by atoms with E-state index < -0.39 is 12.1 Å². The van der Waals surface area contributed by atoms with Crippen LogP contribution in [-0.4, -0.2) is 30.7 Å². The van der Waals surface area contributed by atoms with Gasteiger partial charge in [-0.1, -0.05) is 35.4 Å². The highest BCUT2D eigenvalue weighted by Gasteiger charge is 2.51. The van der Waals surface area contributed by atoms with Gasteiger partial charge >= 0.3 is 6.18 Å². The van der Waals surface area contributed by atoms with E-state index >= 15 is 0 Å². The van der Waals surface area contributed by atoms with E-state index in [2.05, 4.69) is 39.7 Å². The minimum atomic E-state index is -4.01. The Hall–Kier alpha value is -0.0300. The van der Waals surface area contributed by atoms with Gasteiger partial charge in [0.15, 0.2) is 0 Å². The molecular formula is C20H31BrF3N. The number of piperidine rings is 1. The van der Waals surface area contributed by atoms with Crippen molar-refractivity contribution in [3.8, 4) is 0 Å². The molecule has 0 aromatic carbocycles. The van der Waals surface area contributed by atoms with Gasteiger partial charge in [0, 0.05) is 6.54 Å². The molecule has 144 valence electrons. The maximum Gasteiger partial charge on any atom is 0.391 e. The third-order valence-electron chi connectivity index (χ3n) is 7.46. The van der Waals surface area contributed by atoms with Gasteiger partial charge in [-0.25, -0.2) is 0 Å². The van der Waals surface area contributed by atoms with Gasteiger partial charge in [0.25, 0.3) is 0 Å². The number of alkyl halides is 3. The number of halogens is 4. The van der Waals surface area contributed by atoms with Gasteiger partial charge in [-0.2, -0.15) is 13.2 Å². The summed E-state index contributed by atoms with van der Waals surface area (Å²) in [7, 11) is 0. The number of hydrogen-bond donors (Lipinski definition) is 0. The topological polar surface area (TPSA) is 3.24 Å². The SMILES string of the molecule is C[C@@H](CN1CCC(C(F)(F)F)CC1)[C@H]1CC[C@H]2/C(=C/Br)CCC[C@]12C. The van der Waals surface area contributed by atoms with Gasteiger partial charge in [-0.3, -0.25) is 0 Å². The van der Waals surface area contributed by atoms with E-state index in [-0.39, 0.29) is 12.8 Å². The van der Waals surface area contributed by atoms with E-state index in [1.54, 1.807) is 5.57 Å². The van der Waals surface area contributed by atoms with Crippen LogP contribution in [0.4, 0.5) is 13.2 Å². The van der Waals surface area contributed by atoms with Crippen LogP contribution in [0.5, 0.6) is 0 Å². The van der Waals surface area contributed by atoms with Gasteiger partial charge in [0.2, 0.25) is 0 Å². The van der Waals surface area contributed by atoms with Crippen LogP contribution in [0.3, 0.4) is 0 Å². The van der Waals surface area contributed by atoms with Crippen molar-refractivity contribution in [2.75, 3.05) is 19.6 Å². The summed E-state index contributed by atoms with van der Waals surface area (Å²) in [6.45, 7) is 6.98. The number of nitrogens with zero attached hydrogens (tertiary/aromatic N) is 1. The zero-order valence-corrected chi connectivity index (χ0v) is 17.0. The molecule has 3 rings (SSSR count). The molecule has 0 aromatic heterocycles. The van der Waals surface area contributed by atoms with Crippen molar-refractivity contribution >= 4 is 15.9 Å². The lowest BCUT2D eigenvalue weighted by Crippen LogP contribution is -2.43. The number of likely N-dealkylation sites (tertiary alicyclic amines) is 1. The van der Waals surface area contributed by atoms with Crippen LogP contribution < -0.4 is 0 Å². The fourth-order valence-electron chi connectivity index (χ4n) is 6.12. The fourth-order valence-corrected chi connectivity index (χ4v) is 6.67. The van der Waals surface area contributed by atoms with Crippen molar-refractivity contribution in [2.24, 2.45) is 29.1 Å². The van der Waals surface area contributed by atoms with Crippen LogP contribution in [0.15, 0.2) is 10.6 Å². The van der Waals surface area contributed by atoms with Gasteiger partial charge in [-0.05, 0) is 86.2 Å². The van der Waals surface area contributed by atoms with Crippen LogP contribution in [-0.2, 0) is 0 Å². The molecule has 0 unspecified atom stereocenters. The quantitative estimate of drug-likeness (QED) is 0.509. The molecule has 0 N–H and O–H groups in total. The summed E-state index contributed by atoms with van der Waals surface area (Å²) in [6, 6.07) is 0. The number of hydrogen-bond acceptors (Lipinski definition) is 1. The first-order valence-electron chi connectivity index (χ1n) is 9.84. The van der Waals surface area contributed by atoms with E-state index in [1.807, 2.05) is 0 Å². The summed E-state index contributed by atoms with van der Waals surface area (Å²) in [5.74, 6) is 0.870. The number of fused-ring (bicyclic) bond motifs is 1. The molecule has 3 fully saturated rings. The second kappa shape index (κ2) is 7.53. The first-order valence-corrected chi connectivity index (χ1v) is 10.8. The maximum absolute atomic E-state index is 12.9. The molecule has 0 spiro atoms. The molecule has 2 saturated carbocycles. The zero-order chi connectivity index (χ0) is 18.2. The second-order valence-corrected chi connectivity index (χ2v) is 9.33. The highest BCUT2D eigenvalue weighted by Crippen LogP contribution is 2.59. The molecule has 1 saturated heterocycles. The lowest BCUT2D eigenvalue weighted by molar-refractivity contribution is -0.185. The van der Waals surface area contributed by atoms with Crippen molar-refractivity contribution in [2.45, 2.75) is 65.0 Å². The molecule has 2 aliphatic carbocycles. The second-order valence-electron chi connectivity index (χ2n) is 8.87. The Morgan fingerprint density at radius 1 is 1.24 bits per heavy atom. The monoisotopic (exact) mass is 421 g/mol. The third kappa shape index (κ3) is 3.97. The first kappa shape index (κ1) is 19.7. The molecule has 25 heavy (non-hydrogen) atoms. The fraction of sp³-hybridized carbons (Fsp3) is 0.900. The smallest absolute Gasteiger partial charge is 0.303 e. The van der Waals surface area contributed by atoms with Crippen molar-refractivity contribution < 1.29 is 13.2 Å². The molecule has 0 bridgehead atoms. The van der Waals surface area contributed by atoms with Crippen molar-refractivity contribution in [3.63, 3.8) is 0 Å². The Morgan fingerprint density at radius 3 is 2.52 bits per heavy atom. The number of rotatable bonds is 3. The summed E-state index contributed by atoms with van der Waals surface area (Å²) in [5, 5.41) is 0. The molecule has 0 radical (unpaired) electrons. The molecule has 1 nitrogen and oxygen atoms in total. The Balaban J connectivity index is 1.58. The van der Waals surface area contributed by atoms with Gasteiger partial charge in [0.1, 0.15) is 0 Å². The van der Waals surface area contributed by atoms with Gasteiger partial charge in [0.05, 0.1) is 5.92 Å². The third-order valence-corrected chi connectivity index (χ3v) is 8.05. The van der Waals surface area contributed by atoms with E-state index in [9.17, 15) is 13.2 Å². The molecule has 0 aromatic rings. The lowest BCUT2D eigenvalue weighted by atomic mass is 9.61. The summed E-state index contributed by atoms with van der Waals surface area (Å²) in [4.78, 5) is 4.44. The average molecular weight is 422 g/mol. The Morgan fingerprint density at radius 2 is 1.92 bits per heavy atom. The highest BCUT2D eigenvalue weighted by molar-refractivity contribution is 9.11. The van der Waals surface area contributed by atoms with E-state index in [1.165, 1.54) is 32.1 Å². The lowest BCUT2D eigenvalue weighted by Gasteiger charge is -2.45. The minimum absolute atomic E-state index is 0.275. The van der Waals surface area contributed by atoms with Crippen molar-refractivity contribution in [3.05, 3.63) is 10.6 Å². The molecule has 5 heteroatoms. The van der Waals surface area contributed by atoms with Crippen LogP contribution >= 0.6 is 15.9 Å². The van der Waals surface area contributed by atoms with Gasteiger partial charge in [-0.15, -0.1) is 0 Å². The molecular weight excluding hydrogens is 391 g/mol. The normalized spacial score (nSPS) is 38.1. The molecule has 1 heterocycles. The highest BCUT2D eigenvalue weighted by atomic mass is 79.9. The summed E-state index contributed by atoms with van der Waals surface area (Å²) in [6.07, 6.45) is 2.87. The molecule has 1 aliphatic heterocycles. The Kier molecular flexibility index (Phi) is 5.94.